The molecule has 18 heavy (non-hydrogen) atoms. The van der Waals surface area contributed by atoms with Crippen LogP contribution in [0.2, 0.25) is 0 Å². The Balaban J connectivity index is 2.47. The SMILES string of the molecule is CC(C)Oc1ccc2c(=O)n(CCN)ccc2c1. The van der Waals surface area contributed by atoms with Crippen LogP contribution in [0.3, 0.4) is 0 Å². The van der Waals surface area contributed by atoms with Gasteiger partial charge >= 0.3 is 0 Å². The Morgan fingerprint density at radius 2 is 2.11 bits per heavy atom. The zero-order valence-corrected chi connectivity index (χ0v) is 10.7. The van der Waals surface area contributed by atoms with Gasteiger partial charge in [-0.1, -0.05) is 0 Å². The summed E-state index contributed by atoms with van der Waals surface area (Å²) in [4.78, 5) is 12.1. The summed E-state index contributed by atoms with van der Waals surface area (Å²) >= 11 is 0. The quantitative estimate of drug-likeness (QED) is 0.894. The number of hydrogen-bond acceptors (Lipinski definition) is 3. The second-order valence-corrected chi connectivity index (χ2v) is 4.52. The normalized spacial score (nSPS) is 11.1. The van der Waals surface area contributed by atoms with Crippen LogP contribution in [0.4, 0.5) is 0 Å². The molecule has 0 bridgehead atoms. The van der Waals surface area contributed by atoms with E-state index in [0.29, 0.717) is 18.5 Å². The van der Waals surface area contributed by atoms with Gasteiger partial charge in [0.25, 0.3) is 5.56 Å². The van der Waals surface area contributed by atoms with E-state index in [9.17, 15) is 4.79 Å². The molecule has 0 fully saturated rings. The molecule has 0 saturated carbocycles. The van der Waals surface area contributed by atoms with Gasteiger partial charge in [-0.2, -0.15) is 0 Å². The lowest BCUT2D eigenvalue weighted by Gasteiger charge is -2.11. The fourth-order valence-corrected chi connectivity index (χ4v) is 1.93. The van der Waals surface area contributed by atoms with Crippen LogP contribution < -0.4 is 16.0 Å². The van der Waals surface area contributed by atoms with Crippen LogP contribution in [0.25, 0.3) is 10.8 Å². The topological polar surface area (TPSA) is 57.2 Å². The summed E-state index contributed by atoms with van der Waals surface area (Å²) in [6.45, 7) is 4.95. The van der Waals surface area contributed by atoms with Gasteiger partial charge in [0.2, 0.25) is 0 Å². The molecule has 0 amide bonds. The third-order valence-electron chi connectivity index (χ3n) is 2.69. The van der Waals surface area contributed by atoms with Crippen LogP contribution >= 0.6 is 0 Å². The summed E-state index contributed by atoms with van der Waals surface area (Å²) < 4.78 is 7.24. The van der Waals surface area contributed by atoms with E-state index < -0.39 is 0 Å². The number of fused-ring (bicyclic) bond motifs is 1. The Bertz CT molecular complexity index is 602. The van der Waals surface area contributed by atoms with E-state index in [2.05, 4.69) is 0 Å². The highest BCUT2D eigenvalue weighted by atomic mass is 16.5. The first kappa shape index (κ1) is 12.6. The lowest BCUT2D eigenvalue weighted by atomic mass is 10.1. The summed E-state index contributed by atoms with van der Waals surface area (Å²) in [5, 5.41) is 1.59. The van der Waals surface area contributed by atoms with Crippen LogP contribution in [-0.2, 0) is 6.54 Å². The number of nitrogens with zero attached hydrogens (tertiary/aromatic N) is 1. The summed E-state index contributed by atoms with van der Waals surface area (Å²) in [7, 11) is 0. The molecule has 2 aromatic rings. The molecule has 0 spiro atoms. The first-order valence-electron chi connectivity index (χ1n) is 6.11. The summed E-state index contributed by atoms with van der Waals surface area (Å²) in [5.41, 5.74) is 5.47. The highest BCUT2D eigenvalue weighted by Crippen LogP contribution is 2.19. The van der Waals surface area contributed by atoms with Gasteiger partial charge in [-0.15, -0.1) is 0 Å². The standard InChI is InChI=1S/C14H18N2O2/c1-10(2)18-12-3-4-13-11(9-12)5-7-16(8-6-15)14(13)17/h3-5,7,9-10H,6,8,15H2,1-2H3. The predicted octanol–water partition coefficient (Wildman–Crippen LogP) is 1.75. The number of pyridine rings is 1. The highest BCUT2D eigenvalue weighted by molar-refractivity contribution is 5.82. The molecule has 0 radical (unpaired) electrons. The van der Waals surface area contributed by atoms with Gasteiger partial charge in [0.15, 0.2) is 0 Å². The molecule has 0 aliphatic carbocycles. The van der Waals surface area contributed by atoms with Crippen LogP contribution in [0, 0.1) is 0 Å². The van der Waals surface area contributed by atoms with E-state index in [4.69, 9.17) is 10.5 Å². The minimum Gasteiger partial charge on any atom is -0.491 e. The third kappa shape index (κ3) is 2.54. The molecule has 4 nitrogen and oxygen atoms in total. The van der Waals surface area contributed by atoms with E-state index in [-0.39, 0.29) is 11.7 Å². The maximum atomic E-state index is 12.1. The third-order valence-corrected chi connectivity index (χ3v) is 2.69. The number of aromatic nitrogens is 1. The van der Waals surface area contributed by atoms with Gasteiger partial charge in [0.05, 0.1) is 6.10 Å². The van der Waals surface area contributed by atoms with Crippen LogP contribution in [0.5, 0.6) is 5.75 Å². The first-order chi connectivity index (χ1) is 8.61. The van der Waals surface area contributed by atoms with E-state index in [0.717, 1.165) is 11.1 Å². The Morgan fingerprint density at radius 1 is 1.33 bits per heavy atom. The van der Waals surface area contributed by atoms with Crippen LogP contribution in [0.1, 0.15) is 13.8 Å². The molecule has 0 aliphatic heterocycles. The van der Waals surface area contributed by atoms with Crippen molar-refractivity contribution in [3.8, 4) is 5.75 Å². The molecular formula is C14H18N2O2. The Hall–Kier alpha value is -1.81. The molecule has 0 atom stereocenters. The van der Waals surface area contributed by atoms with Crippen molar-refractivity contribution < 1.29 is 4.74 Å². The van der Waals surface area contributed by atoms with E-state index in [1.54, 1.807) is 10.8 Å². The van der Waals surface area contributed by atoms with Crippen LogP contribution in [-0.4, -0.2) is 17.2 Å². The van der Waals surface area contributed by atoms with Crippen LogP contribution in [0.15, 0.2) is 35.3 Å². The molecule has 2 rings (SSSR count). The van der Waals surface area contributed by atoms with E-state index in [1.165, 1.54) is 0 Å². The second kappa shape index (κ2) is 5.23. The lowest BCUT2D eigenvalue weighted by Crippen LogP contribution is -2.23. The molecular weight excluding hydrogens is 228 g/mol. The molecule has 1 aromatic heterocycles. The smallest absolute Gasteiger partial charge is 0.258 e. The predicted molar refractivity (Wildman–Crippen MR) is 73.0 cm³/mol. The number of nitrogens with two attached hydrogens (primary N) is 1. The van der Waals surface area contributed by atoms with Crippen molar-refractivity contribution in [1.82, 2.24) is 4.57 Å². The Morgan fingerprint density at radius 3 is 2.78 bits per heavy atom. The average molecular weight is 246 g/mol. The van der Waals surface area contributed by atoms with Gasteiger partial charge < -0.3 is 15.0 Å². The van der Waals surface area contributed by atoms with E-state index in [1.807, 2.05) is 38.1 Å². The molecule has 0 aliphatic rings. The van der Waals surface area contributed by atoms with Gasteiger partial charge in [-0.05, 0) is 43.5 Å². The second-order valence-electron chi connectivity index (χ2n) is 4.52. The zero-order valence-electron chi connectivity index (χ0n) is 10.7. The monoisotopic (exact) mass is 246 g/mol. The van der Waals surface area contributed by atoms with Gasteiger partial charge in [-0.25, -0.2) is 0 Å². The number of hydrogen-bond donors (Lipinski definition) is 1. The minimum atomic E-state index is -0.00551. The Labute approximate surface area is 106 Å². The van der Waals surface area contributed by atoms with Crippen molar-refractivity contribution in [3.05, 3.63) is 40.8 Å². The van der Waals surface area contributed by atoms with Crippen molar-refractivity contribution in [3.63, 3.8) is 0 Å². The molecule has 4 heteroatoms. The summed E-state index contributed by atoms with van der Waals surface area (Å²) in [5.74, 6) is 0.786. The Kier molecular flexibility index (Phi) is 3.67. The summed E-state index contributed by atoms with van der Waals surface area (Å²) in [6, 6.07) is 7.45. The number of rotatable bonds is 4. The molecule has 1 heterocycles. The molecule has 96 valence electrons. The average Bonchev–Trinajstić information content (AvgIpc) is 2.32. The fourth-order valence-electron chi connectivity index (χ4n) is 1.93. The summed E-state index contributed by atoms with van der Waals surface area (Å²) in [6.07, 6.45) is 1.90. The zero-order chi connectivity index (χ0) is 13.1. The molecule has 2 N–H and O–H groups in total. The van der Waals surface area contributed by atoms with Gasteiger partial charge in [0, 0.05) is 24.7 Å². The molecule has 1 aromatic carbocycles. The molecule has 0 saturated heterocycles. The number of benzene rings is 1. The highest BCUT2D eigenvalue weighted by Gasteiger charge is 2.04. The van der Waals surface area contributed by atoms with Gasteiger partial charge in [0.1, 0.15) is 5.75 Å². The maximum Gasteiger partial charge on any atom is 0.258 e. The van der Waals surface area contributed by atoms with Gasteiger partial charge in [-0.3, -0.25) is 4.79 Å². The van der Waals surface area contributed by atoms with Crippen molar-refractivity contribution in [2.45, 2.75) is 26.5 Å². The van der Waals surface area contributed by atoms with Crippen molar-refractivity contribution >= 4 is 10.8 Å². The van der Waals surface area contributed by atoms with Crippen molar-refractivity contribution in [1.29, 1.82) is 0 Å². The molecule has 0 unspecified atom stereocenters. The van der Waals surface area contributed by atoms with Crippen molar-refractivity contribution in [2.24, 2.45) is 5.73 Å². The van der Waals surface area contributed by atoms with Crippen molar-refractivity contribution in [2.75, 3.05) is 6.54 Å². The number of ether oxygens (including phenoxy) is 1. The minimum absolute atomic E-state index is 0.00551. The fraction of sp³-hybridized carbons (Fsp3) is 0.357. The lowest BCUT2D eigenvalue weighted by molar-refractivity contribution is 0.243. The largest absolute Gasteiger partial charge is 0.491 e. The first-order valence-corrected chi connectivity index (χ1v) is 6.11. The maximum absolute atomic E-state index is 12.1. The van der Waals surface area contributed by atoms with E-state index >= 15 is 0 Å².